The molecule has 7 heteroatoms. The van der Waals surface area contributed by atoms with Crippen LogP contribution in [0.15, 0.2) is 17.0 Å². The van der Waals surface area contributed by atoms with E-state index in [9.17, 15) is 14.9 Å². The van der Waals surface area contributed by atoms with Gasteiger partial charge in [-0.1, -0.05) is 18.5 Å². The number of methoxy groups -OCH3 is 1. The highest BCUT2D eigenvalue weighted by Gasteiger charge is 2.17. The molecule has 0 fully saturated rings. The minimum atomic E-state index is -0.512. The van der Waals surface area contributed by atoms with Gasteiger partial charge < -0.3 is 4.74 Å². The highest BCUT2D eigenvalue weighted by molar-refractivity contribution is 8.00. The monoisotopic (exact) mass is 303 g/mol. The van der Waals surface area contributed by atoms with Crippen molar-refractivity contribution in [3.8, 4) is 0 Å². The lowest BCUT2D eigenvalue weighted by Crippen LogP contribution is -2.08. The van der Waals surface area contributed by atoms with Crippen molar-refractivity contribution in [2.24, 2.45) is 0 Å². The number of halogens is 1. The van der Waals surface area contributed by atoms with E-state index in [4.69, 9.17) is 11.6 Å². The fourth-order valence-corrected chi connectivity index (χ4v) is 2.87. The van der Waals surface area contributed by atoms with Gasteiger partial charge >= 0.3 is 5.97 Å². The van der Waals surface area contributed by atoms with E-state index in [1.165, 1.54) is 24.9 Å². The largest absolute Gasteiger partial charge is 0.469 e. The van der Waals surface area contributed by atoms with Crippen LogP contribution >= 0.6 is 23.4 Å². The van der Waals surface area contributed by atoms with E-state index < -0.39 is 4.92 Å². The number of thioether (sulfide) groups is 1. The number of carbonyl (C=O) groups excluding carboxylic acids is 1. The Morgan fingerprint density at radius 2 is 2.21 bits per heavy atom. The Bertz CT molecular complexity index is 507. The second-order valence-corrected chi connectivity index (χ2v) is 5.92. The number of aryl methyl sites for hydroxylation is 1. The molecule has 0 saturated carbocycles. The Hall–Kier alpha value is -1.27. The van der Waals surface area contributed by atoms with E-state index in [-0.39, 0.29) is 28.4 Å². The fraction of sp³-hybridized carbons (Fsp3) is 0.417. The van der Waals surface area contributed by atoms with Gasteiger partial charge in [0.25, 0.3) is 5.69 Å². The number of hydrogen-bond acceptors (Lipinski definition) is 5. The van der Waals surface area contributed by atoms with Crippen LogP contribution in [0.4, 0.5) is 5.69 Å². The number of nitrogens with zero attached hydrogens (tertiary/aromatic N) is 1. The first-order chi connectivity index (χ1) is 8.85. The maximum atomic E-state index is 11.2. The lowest BCUT2D eigenvalue weighted by molar-refractivity contribution is -0.384. The lowest BCUT2D eigenvalue weighted by atomic mass is 10.2. The molecule has 5 nitrogen and oxygen atoms in total. The van der Waals surface area contributed by atoms with Gasteiger partial charge in [-0.15, -0.1) is 11.8 Å². The highest BCUT2D eigenvalue weighted by Crippen LogP contribution is 2.35. The summed E-state index contributed by atoms with van der Waals surface area (Å²) in [6, 6.07) is 3.00. The van der Waals surface area contributed by atoms with E-state index in [0.717, 1.165) is 10.5 Å². The number of benzene rings is 1. The number of nitro groups is 1. The smallest absolute Gasteiger partial charge is 0.306 e. The van der Waals surface area contributed by atoms with Crippen molar-refractivity contribution in [3.05, 3.63) is 32.8 Å². The van der Waals surface area contributed by atoms with Crippen LogP contribution in [-0.4, -0.2) is 23.3 Å². The molecule has 0 radical (unpaired) electrons. The van der Waals surface area contributed by atoms with E-state index >= 15 is 0 Å². The zero-order valence-corrected chi connectivity index (χ0v) is 12.4. The quantitative estimate of drug-likeness (QED) is 0.360. The normalized spacial score (nSPS) is 12.0. The molecule has 0 aliphatic carbocycles. The topological polar surface area (TPSA) is 69.4 Å². The maximum absolute atomic E-state index is 11.2. The van der Waals surface area contributed by atoms with E-state index in [0.29, 0.717) is 0 Å². The SMILES string of the molecule is COC(=O)CC(C)Sc1cc(Cl)c([N+](=O)[O-])cc1C. The molecule has 0 bridgehead atoms. The summed E-state index contributed by atoms with van der Waals surface area (Å²) in [4.78, 5) is 22.2. The third kappa shape index (κ3) is 4.40. The summed E-state index contributed by atoms with van der Waals surface area (Å²) in [7, 11) is 1.34. The van der Waals surface area contributed by atoms with Crippen LogP contribution in [0.2, 0.25) is 5.02 Å². The van der Waals surface area contributed by atoms with Crippen LogP contribution in [0.3, 0.4) is 0 Å². The Labute approximate surface area is 120 Å². The Morgan fingerprint density at radius 1 is 1.58 bits per heavy atom. The summed E-state index contributed by atoms with van der Waals surface area (Å²) < 4.78 is 4.60. The minimum Gasteiger partial charge on any atom is -0.469 e. The Balaban J connectivity index is 2.88. The third-order valence-corrected chi connectivity index (χ3v) is 4.02. The maximum Gasteiger partial charge on any atom is 0.306 e. The predicted molar refractivity (Wildman–Crippen MR) is 74.8 cm³/mol. The van der Waals surface area contributed by atoms with Gasteiger partial charge in [-0.2, -0.15) is 0 Å². The summed E-state index contributed by atoms with van der Waals surface area (Å²) in [5.74, 6) is -0.286. The van der Waals surface area contributed by atoms with Crippen LogP contribution in [0, 0.1) is 17.0 Å². The average Bonchev–Trinajstić information content (AvgIpc) is 2.32. The first-order valence-corrected chi connectivity index (χ1v) is 6.79. The number of esters is 1. The van der Waals surface area contributed by atoms with Gasteiger partial charge in [0.2, 0.25) is 0 Å². The molecular formula is C12H14ClNO4S. The molecule has 1 atom stereocenters. The van der Waals surface area contributed by atoms with Crippen LogP contribution in [0.1, 0.15) is 18.9 Å². The van der Waals surface area contributed by atoms with Crippen LogP contribution < -0.4 is 0 Å². The first kappa shape index (κ1) is 15.8. The van der Waals surface area contributed by atoms with Gasteiger partial charge in [0.05, 0.1) is 18.5 Å². The molecule has 1 rings (SSSR count). The molecule has 19 heavy (non-hydrogen) atoms. The number of carbonyl (C=O) groups is 1. The Morgan fingerprint density at radius 3 is 2.74 bits per heavy atom. The molecule has 0 N–H and O–H groups in total. The van der Waals surface area contributed by atoms with Crippen LogP contribution in [-0.2, 0) is 9.53 Å². The zero-order valence-electron chi connectivity index (χ0n) is 10.8. The van der Waals surface area contributed by atoms with Gasteiger partial charge in [-0.3, -0.25) is 14.9 Å². The summed E-state index contributed by atoms with van der Waals surface area (Å²) in [6.45, 7) is 3.66. The Kier molecular flexibility index (Phi) is 5.62. The van der Waals surface area contributed by atoms with Crippen molar-refractivity contribution in [1.29, 1.82) is 0 Å². The van der Waals surface area contributed by atoms with E-state index in [2.05, 4.69) is 4.74 Å². The number of hydrogen-bond donors (Lipinski definition) is 0. The fourth-order valence-electron chi connectivity index (χ4n) is 1.49. The standard InChI is InChI=1S/C12H14ClNO4S/c1-7-4-10(14(16)17)9(13)6-11(7)19-8(2)5-12(15)18-3/h4,6,8H,5H2,1-3H3. The lowest BCUT2D eigenvalue weighted by Gasteiger charge is -2.12. The molecule has 0 aliphatic heterocycles. The van der Waals surface area contributed by atoms with Crippen molar-refractivity contribution < 1.29 is 14.5 Å². The molecule has 1 aromatic carbocycles. The van der Waals surface area contributed by atoms with E-state index in [1.54, 1.807) is 13.0 Å². The van der Waals surface area contributed by atoms with Gasteiger partial charge in [-0.25, -0.2) is 0 Å². The predicted octanol–water partition coefficient (Wildman–Crippen LogP) is 3.60. The molecular weight excluding hydrogens is 290 g/mol. The number of rotatable bonds is 5. The summed E-state index contributed by atoms with van der Waals surface area (Å²) in [5, 5.41) is 10.8. The second kappa shape index (κ2) is 6.77. The average molecular weight is 304 g/mol. The summed E-state index contributed by atoms with van der Waals surface area (Å²) in [6.07, 6.45) is 0.273. The molecule has 0 amide bonds. The van der Waals surface area contributed by atoms with Gasteiger partial charge in [0.15, 0.2) is 0 Å². The number of nitro benzene ring substituents is 1. The van der Waals surface area contributed by atoms with Gasteiger partial charge in [0.1, 0.15) is 5.02 Å². The van der Waals surface area contributed by atoms with Crippen molar-refractivity contribution in [2.75, 3.05) is 7.11 Å². The molecule has 0 aromatic heterocycles. The van der Waals surface area contributed by atoms with Gasteiger partial charge in [0, 0.05) is 16.2 Å². The molecule has 104 valence electrons. The van der Waals surface area contributed by atoms with Crippen molar-refractivity contribution in [1.82, 2.24) is 0 Å². The van der Waals surface area contributed by atoms with Crippen molar-refractivity contribution >= 4 is 35.0 Å². The molecule has 0 saturated heterocycles. The second-order valence-electron chi connectivity index (χ2n) is 4.03. The third-order valence-electron chi connectivity index (χ3n) is 2.45. The van der Waals surface area contributed by atoms with Gasteiger partial charge in [-0.05, 0) is 18.6 Å². The van der Waals surface area contributed by atoms with E-state index in [1.807, 2.05) is 6.92 Å². The van der Waals surface area contributed by atoms with Crippen molar-refractivity contribution in [2.45, 2.75) is 30.4 Å². The van der Waals surface area contributed by atoms with Crippen LogP contribution in [0.25, 0.3) is 0 Å². The number of ether oxygens (including phenoxy) is 1. The minimum absolute atomic E-state index is 0.00340. The first-order valence-electron chi connectivity index (χ1n) is 5.53. The molecule has 1 aromatic rings. The zero-order chi connectivity index (χ0) is 14.6. The molecule has 0 spiro atoms. The van der Waals surface area contributed by atoms with Crippen molar-refractivity contribution in [3.63, 3.8) is 0 Å². The summed E-state index contributed by atoms with van der Waals surface area (Å²) in [5.41, 5.74) is 0.655. The molecule has 1 unspecified atom stereocenters. The molecule has 0 aliphatic rings. The molecule has 0 heterocycles. The summed E-state index contributed by atoms with van der Waals surface area (Å²) >= 11 is 7.31. The van der Waals surface area contributed by atoms with Crippen LogP contribution in [0.5, 0.6) is 0 Å². The highest BCUT2D eigenvalue weighted by atomic mass is 35.5.